The fourth-order valence-corrected chi connectivity index (χ4v) is 5.02. The molecule has 1 fully saturated rings. The SMILES string of the molecule is C=Cc1cccc(C2CCC(CCCCC)CC2)c1.CC.CC1=CC(=O)Cc2ccccc21.[HH]. The maximum atomic E-state index is 11.2. The van der Waals surface area contributed by atoms with Gasteiger partial charge in [-0.25, -0.2) is 0 Å². The van der Waals surface area contributed by atoms with Gasteiger partial charge in [-0.2, -0.15) is 0 Å². The first-order chi connectivity index (χ1) is 16.1. The van der Waals surface area contributed by atoms with Crippen molar-refractivity contribution in [1.82, 2.24) is 0 Å². The molecule has 0 radical (unpaired) electrons. The molecule has 0 amide bonds. The number of fused-ring (bicyclic) bond motifs is 1. The van der Waals surface area contributed by atoms with Gasteiger partial charge in [0.15, 0.2) is 5.78 Å². The van der Waals surface area contributed by atoms with E-state index in [1.54, 1.807) is 6.08 Å². The Bertz CT molecular complexity index is 903. The predicted molar refractivity (Wildman–Crippen MR) is 148 cm³/mol. The summed E-state index contributed by atoms with van der Waals surface area (Å²) in [7, 11) is 0. The third kappa shape index (κ3) is 8.46. The minimum atomic E-state index is 0. The van der Waals surface area contributed by atoms with E-state index in [4.69, 9.17) is 0 Å². The van der Waals surface area contributed by atoms with Gasteiger partial charge in [0, 0.05) is 7.85 Å². The van der Waals surface area contributed by atoms with Gasteiger partial charge in [0.2, 0.25) is 0 Å². The highest BCUT2D eigenvalue weighted by molar-refractivity contribution is 6.01. The highest BCUT2D eigenvalue weighted by Gasteiger charge is 2.22. The molecule has 1 nitrogen and oxygen atoms in total. The molecule has 0 aliphatic heterocycles. The summed E-state index contributed by atoms with van der Waals surface area (Å²) in [4.78, 5) is 11.2. The number of rotatable bonds is 6. The van der Waals surface area contributed by atoms with E-state index in [1.807, 2.05) is 45.0 Å². The van der Waals surface area contributed by atoms with Crippen molar-refractivity contribution in [2.45, 2.75) is 91.4 Å². The van der Waals surface area contributed by atoms with Crippen LogP contribution in [0.3, 0.4) is 0 Å². The molecule has 0 unspecified atom stereocenters. The summed E-state index contributed by atoms with van der Waals surface area (Å²) in [5, 5.41) is 0. The summed E-state index contributed by atoms with van der Waals surface area (Å²) < 4.78 is 0. The van der Waals surface area contributed by atoms with Crippen molar-refractivity contribution in [3.05, 3.63) is 83.4 Å². The number of unbranched alkanes of at least 4 members (excludes halogenated alkanes) is 2. The van der Waals surface area contributed by atoms with Gasteiger partial charge >= 0.3 is 0 Å². The average molecular weight is 447 g/mol. The molecule has 0 spiro atoms. The van der Waals surface area contributed by atoms with Crippen LogP contribution in [0.2, 0.25) is 0 Å². The summed E-state index contributed by atoms with van der Waals surface area (Å²) in [5.74, 6) is 2.01. The van der Waals surface area contributed by atoms with Crippen LogP contribution in [0.1, 0.15) is 109 Å². The molecule has 0 N–H and O–H groups in total. The van der Waals surface area contributed by atoms with Gasteiger partial charge in [-0.05, 0) is 78.3 Å². The molecule has 180 valence electrons. The lowest BCUT2D eigenvalue weighted by Crippen LogP contribution is -2.13. The maximum Gasteiger partial charge on any atom is 0.160 e. The van der Waals surface area contributed by atoms with Crippen molar-refractivity contribution in [3.63, 3.8) is 0 Å². The van der Waals surface area contributed by atoms with Crippen LogP contribution in [-0.2, 0) is 11.2 Å². The Balaban J connectivity index is 0.000000332. The number of carbonyl (C=O) groups is 1. The Hall–Kier alpha value is -2.41. The van der Waals surface area contributed by atoms with Crippen molar-refractivity contribution in [2.75, 3.05) is 0 Å². The number of allylic oxidation sites excluding steroid dienone is 2. The molecule has 2 aromatic rings. The third-order valence-electron chi connectivity index (χ3n) is 6.86. The average Bonchev–Trinajstić information content (AvgIpc) is 2.86. The molecule has 2 aliphatic carbocycles. The smallest absolute Gasteiger partial charge is 0.160 e. The van der Waals surface area contributed by atoms with Gasteiger partial charge in [0.05, 0.1) is 0 Å². The van der Waals surface area contributed by atoms with Crippen LogP contribution in [0.25, 0.3) is 11.6 Å². The van der Waals surface area contributed by atoms with Crippen molar-refractivity contribution >= 4 is 17.4 Å². The summed E-state index contributed by atoms with van der Waals surface area (Å²) in [6.07, 6.45) is 15.6. The van der Waals surface area contributed by atoms with Gasteiger partial charge in [-0.1, -0.05) is 108 Å². The minimum Gasteiger partial charge on any atom is -0.294 e. The Morgan fingerprint density at radius 3 is 2.42 bits per heavy atom. The summed E-state index contributed by atoms with van der Waals surface area (Å²) in [6, 6.07) is 17.0. The highest BCUT2D eigenvalue weighted by atomic mass is 16.1. The first kappa shape index (κ1) is 26.8. The van der Waals surface area contributed by atoms with Crippen LogP contribution in [0.5, 0.6) is 0 Å². The van der Waals surface area contributed by atoms with E-state index < -0.39 is 0 Å². The Morgan fingerprint density at radius 2 is 1.73 bits per heavy atom. The standard InChI is InChI=1S/C19H28.C11H10O.C2H6.H2/c1-3-5-6-8-17-11-13-18(14-12-17)19-10-7-9-16(4-2)15-19;1-8-6-10(12)7-9-4-2-3-5-11(8)9;1-2;/h4,7,9-10,15,17-18H,2-3,5-6,8,11-14H2,1H3;2-6H,7H2,1H3;1-2H3;1H. The van der Waals surface area contributed by atoms with Gasteiger partial charge in [0.1, 0.15) is 0 Å². The first-order valence-corrected chi connectivity index (χ1v) is 13.1. The van der Waals surface area contributed by atoms with E-state index >= 15 is 0 Å². The summed E-state index contributed by atoms with van der Waals surface area (Å²) in [6.45, 7) is 12.1. The van der Waals surface area contributed by atoms with E-state index in [0.29, 0.717) is 6.42 Å². The molecular weight excluding hydrogens is 400 g/mol. The quantitative estimate of drug-likeness (QED) is 0.404. The van der Waals surface area contributed by atoms with Crippen LogP contribution in [0.4, 0.5) is 0 Å². The van der Waals surface area contributed by atoms with Gasteiger partial charge in [-0.15, -0.1) is 0 Å². The van der Waals surface area contributed by atoms with E-state index in [2.05, 4.69) is 43.8 Å². The molecule has 1 heteroatoms. The summed E-state index contributed by atoms with van der Waals surface area (Å²) in [5.41, 5.74) is 6.26. The lowest BCUT2D eigenvalue weighted by atomic mass is 9.77. The van der Waals surface area contributed by atoms with E-state index in [9.17, 15) is 4.79 Å². The van der Waals surface area contributed by atoms with Crippen molar-refractivity contribution < 1.29 is 6.22 Å². The Labute approximate surface area is 204 Å². The van der Waals surface area contributed by atoms with E-state index in [0.717, 1.165) is 23.0 Å². The van der Waals surface area contributed by atoms with Crippen LogP contribution >= 0.6 is 0 Å². The zero-order valence-electron chi connectivity index (χ0n) is 21.4. The third-order valence-corrected chi connectivity index (χ3v) is 6.86. The molecule has 0 saturated heterocycles. The maximum absolute atomic E-state index is 11.2. The number of benzene rings is 2. The van der Waals surface area contributed by atoms with Crippen molar-refractivity contribution in [2.24, 2.45) is 5.92 Å². The second-order valence-corrected chi connectivity index (χ2v) is 9.22. The van der Waals surface area contributed by atoms with Crippen LogP contribution in [-0.4, -0.2) is 5.78 Å². The number of ketones is 1. The molecule has 0 aromatic heterocycles. The molecule has 2 aliphatic rings. The fourth-order valence-electron chi connectivity index (χ4n) is 5.02. The van der Waals surface area contributed by atoms with E-state index in [1.165, 1.54) is 68.1 Å². The van der Waals surface area contributed by atoms with Crippen molar-refractivity contribution in [1.29, 1.82) is 0 Å². The predicted octanol–water partition coefficient (Wildman–Crippen LogP) is 9.67. The molecule has 33 heavy (non-hydrogen) atoms. The van der Waals surface area contributed by atoms with Crippen LogP contribution in [0, 0.1) is 5.92 Å². The highest BCUT2D eigenvalue weighted by Crippen LogP contribution is 2.38. The molecule has 1 saturated carbocycles. The van der Waals surface area contributed by atoms with Gasteiger partial charge in [-0.3, -0.25) is 4.79 Å². The van der Waals surface area contributed by atoms with Gasteiger partial charge < -0.3 is 0 Å². The molecule has 2 aromatic carbocycles. The second kappa shape index (κ2) is 14.7. The zero-order chi connectivity index (χ0) is 24.1. The second-order valence-electron chi connectivity index (χ2n) is 9.22. The monoisotopic (exact) mass is 446 g/mol. The Morgan fingerprint density at radius 1 is 1.00 bits per heavy atom. The topological polar surface area (TPSA) is 17.1 Å². The normalized spacial score (nSPS) is 19.2. The van der Waals surface area contributed by atoms with Gasteiger partial charge in [0.25, 0.3) is 0 Å². The number of hydrogen-bond acceptors (Lipinski definition) is 1. The summed E-state index contributed by atoms with van der Waals surface area (Å²) >= 11 is 0. The number of carbonyl (C=O) groups excluding carboxylic acids is 1. The minimum absolute atomic E-state index is 0. The zero-order valence-corrected chi connectivity index (χ0v) is 21.4. The molecule has 0 atom stereocenters. The molecule has 4 rings (SSSR count). The molecule has 0 bridgehead atoms. The Kier molecular flexibility index (Phi) is 11.9. The van der Waals surface area contributed by atoms with Crippen LogP contribution < -0.4 is 0 Å². The van der Waals surface area contributed by atoms with Crippen molar-refractivity contribution in [3.8, 4) is 0 Å². The lowest BCUT2D eigenvalue weighted by molar-refractivity contribution is -0.114. The van der Waals surface area contributed by atoms with Crippen LogP contribution in [0.15, 0.2) is 61.2 Å². The largest absolute Gasteiger partial charge is 0.294 e. The lowest BCUT2D eigenvalue weighted by Gasteiger charge is -2.29. The number of hydrogen-bond donors (Lipinski definition) is 0. The molecular formula is C32H46O. The van der Waals surface area contributed by atoms with E-state index in [-0.39, 0.29) is 7.21 Å². The fraction of sp³-hybridized carbons (Fsp3) is 0.469. The first-order valence-electron chi connectivity index (χ1n) is 13.1. The molecule has 0 heterocycles.